The summed E-state index contributed by atoms with van der Waals surface area (Å²) >= 11 is 0. The molecule has 0 bridgehead atoms. The van der Waals surface area contributed by atoms with Gasteiger partial charge in [0, 0.05) is 7.05 Å². The Morgan fingerprint density at radius 1 is 0.810 bits per heavy atom. The lowest BCUT2D eigenvalue weighted by Crippen LogP contribution is -2.26. The van der Waals surface area contributed by atoms with Crippen molar-refractivity contribution in [2.24, 2.45) is 0 Å². The molecule has 2 aromatic rings. The first-order chi connectivity index (χ1) is 9.98. The molecule has 112 valence electrons. The van der Waals surface area contributed by atoms with Crippen molar-refractivity contribution in [2.75, 3.05) is 25.6 Å². The highest BCUT2D eigenvalue weighted by Gasteiger charge is 2.21. The molecular weight excluding hydrogens is 290 g/mol. The topological polar surface area (TPSA) is 55.8 Å². The van der Waals surface area contributed by atoms with Gasteiger partial charge in [0.1, 0.15) is 11.5 Å². The fraction of sp³-hybridized carbons (Fsp3) is 0.200. The van der Waals surface area contributed by atoms with Crippen molar-refractivity contribution in [1.29, 1.82) is 0 Å². The monoisotopic (exact) mass is 307 g/mol. The summed E-state index contributed by atoms with van der Waals surface area (Å²) in [7, 11) is 1.01. The van der Waals surface area contributed by atoms with E-state index < -0.39 is 10.0 Å². The highest BCUT2D eigenvalue weighted by atomic mass is 32.2. The highest BCUT2D eigenvalue weighted by molar-refractivity contribution is 7.92. The Labute approximate surface area is 124 Å². The van der Waals surface area contributed by atoms with Crippen LogP contribution in [0.4, 0.5) is 5.69 Å². The molecule has 21 heavy (non-hydrogen) atoms. The van der Waals surface area contributed by atoms with Gasteiger partial charge in [-0.05, 0) is 48.5 Å². The van der Waals surface area contributed by atoms with E-state index in [1.54, 1.807) is 43.5 Å². The Bertz CT molecular complexity index is 693. The predicted octanol–water partition coefficient (Wildman–Crippen LogP) is 2.53. The summed E-state index contributed by atoms with van der Waals surface area (Å²) in [4.78, 5) is 0.210. The van der Waals surface area contributed by atoms with Gasteiger partial charge in [-0.25, -0.2) is 8.42 Å². The highest BCUT2D eigenvalue weighted by Crippen LogP contribution is 2.25. The summed E-state index contributed by atoms with van der Waals surface area (Å²) < 4.78 is 36.4. The van der Waals surface area contributed by atoms with E-state index in [-0.39, 0.29) is 4.90 Å². The fourth-order valence-corrected chi connectivity index (χ4v) is 3.03. The second-order valence-electron chi connectivity index (χ2n) is 4.35. The summed E-state index contributed by atoms with van der Waals surface area (Å²) in [5.41, 5.74) is 0.562. The Morgan fingerprint density at radius 2 is 1.24 bits per heavy atom. The number of anilines is 1. The number of hydrogen-bond donors (Lipinski definition) is 0. The van der Waals surface area contributed by atoms with Crippen LogP contribution in [0.15, 0.2) is 53.4 Å². The molecule has 0 aliphatic carbocycles. The molecule has 0 unspecified atom stereocenters. The first-order valence-electron chi connectivity index (χ1n) is 6.26. The number of hydrogen-bond acceptors (Lipinski definition) is 4. The lowest BCUT2D eigenvalue weighted by molar-refractivity contribution is 0.414. The van der Waals surface area contributed by atoms with Gasteiger partial charge < -0.3 is 9.47 Å². The summed E-state index contributed by atoms with van der Waals surface area (Å²) in [6, 6.07) is 13.1. The number of methoxy groups -OCH3 is 2. The van der Waals surface area contributed by atoms with E-state index in [1.807, 2.05) is 0 Å². The van der Waals surface area contributed by atoms with E-state index in [4.69, 9.17) is 9.47 Å². The smallest absolute Gasteiger partial charge is 0.264 e. The molecule has 0 aliphatic heterocycles. The molecule has 2 rings (SSSR count). The van der Waals surface area contributed by atoms with Crippen molar-refractivity contribution < 1.29 is 17.9 Å². The lowest BCUT2D eigenvalue weighted by Gasteiger charge is -2.19. The van der Waals surface area contributed by atoms with Crippen LogP contribution in [-0.2, 0) is 10.0 Å². The summed E-state index contributed by atoms with van der Waals surface area (Å²) in [5, 5.41) is 0. The van der Waals surface area contributed by atoms with E-state index in [2.05, 4.69) is 0 Å². The van der Waals surface area contributed by atoms with Gasteiger partial charge in [0.25, 0.3) is 10.0 Å². The summed E-state index contributed by atoms with van der Waals surface area (Å²) in [6.45, 7) is 0. The Hall–Kier alpha value is -2.21. The van der Waals surface area contributed by atoms with Crippen molar-refractivity contribution in [3.8, 4) is 11.5 Å². The average molecular weight is 307 g/mol. The van der Waals surface area contributed by atoms with Gasteiger partial charge in [0.05, 0.1) is 24.8 Å². The van der Waals surface area contributed by atoms with Crippen LogP contribution < -0.4 is 13.8 Å². The van der Waals surface area contributed by atoms with Gasteiger partial charge in [-0.1, -0.05) is 0 Å². The zero-order valence-corrected chi connectivity index (χ0v) is 12.9. The standard InChI is InChI=1S/C15H17NO4S/c1-16(12-4-6-13(19-2)7-5-12)21(17,18)15-10-8-14(20-3)9-11-15/h4-11H,1-3H3. The van der Waals surface area contributed by atoms with Crippen LogP contribution in [0.1, 0.15) is 0 Å². The maximum atomic E-state index is 12.5. The van der Waals surface area contributed by atoms with Gasteiger partial charge in [0.15, 0.2) is 0 Å². The minimum Gasteiger partial charge on any atom is -0.497 e. The molecule has 0 saturated heterocycles. The van der Waals surface area contributed by atoms with Crippen LogP contribution in [0.5, 0.6) is 11.5 Å². The molecule has 0 fully saturated rings. The maximum absolute atomic E-state index is 12.5. The van der Waals surface area contributed by atoms with Crippen LogP contribution in [0, 0.1) is 0 Å². The van der Waals surface area contributed by atoms with Crippen LogP contribution in [0.25, 0.3) is 0 Å². The van der Waals surface area contributed by atoms with Crippen molar-refractivity contribution in [3.63, 3.8) is 0 Å². The normalized spacial score (nSPS) is 11.0. The van der Waals surface area contributed by atoms with Crippen molar-refractivity contribution in [3.05, 3.63) is 48.5 Å². The van der Waals surface area contributed by atoms with Crippen LogP contribution in [-0.4, -0.2) is 29.7 Å². The Kier molecular flexibility index (Phi) is 4.37. The number of sulfonamides is 1. The maximum Gasteiger partial charge on any atom is 0.264 e. The van der Waals surface area contributed by atoms with E-state index in [0.29, 0.717) is 17.2 Å². The second-order valence-corrected chi connectivity index (χ2v) is 6.32. The quantitative estimate of drug-likeness (QED) is 0.852. The SMILES string of the molecule is COc1ccc(N(C)S(=O)(=O)c2ccc(OC)cc2)cc1. The molecule has 0 radical (unpaired) electrons. The van der Waals surface area contributed by atoms with Crippen LogP contribution >= 0.6 is 0 Å². The molecule has 0 aromatic heterocycles. The van der Waals surface area contributed by atoms with E-state index in [9.17, 15) is 8.42 Å². The fourth-order valence-electron chi connectivity index (χ4n) is 1.84. The van der Waals surface area contributed by atoms with Crippen LogP contribution in [0.2, 0.25) is 0 Å². The van der Waals surface area contributed by atoms with Gasteiger partial charge in [-0.3, -0.25) is 4.31 Å². The minimum absolute atomic E-state index is 0.210. The summed E-state index contributed by atoms with van der Waals surface area (Å²) in [6.07, 6.45) is 0. The molecule has 0 heterocycles. The molecular formula is C15H17NO4S. The molecule has 2 aromatic carbocycles. The van der Waals surface area contributed by atoms with Gasteiger partial charge in [-0.15, -0.1) is 0 Å². The first-order valence-corrected chi connectivity index (χ1v) is 7.70. The lowest BCUT2D eigenvalue weighted by atomic mass is 10.3. The second kappa shape index (κ2) is 6.05. The molecule has 6 heteroatoms. The Morgan fingerprint density at radius 3 is 1.67 bits per heavy atom. The number of ether oxygens (including phenoxy) is 2. The molecule has 0 N–H and O–H groups in total. The third-order valence-electron chi connectivity index (χ3n) is 3.15. The van der Waals surface area contributed by atoms with Gasteiger partial charge in [0.2, 0.25) is 0 Å². The van der Waals surface area contributed by atoms with E-state index in [1.165, 1.54) is 30.6 Å². The van der Waals surface area contributed by atoms with Crippen molar-refractivity contribution in [2.45, 2.75) is 4.90 Å². The molecule has 0 spiro atoms. The molecule has 0 aliphatic rings. The third-order valence-corrected chi connectivity index (χ3v) is 4.95. The zero-order valence-electron chi connectivity index (χ0n) is 12.1. The first kappa shape index (κ1) is 15.2. The average Bonchev–Trinajstić information content (AvgIpc) is 2.54. The third kappa shape index (κ3) is 3.11. The van der Waals surface area contributed by atoms with Crippen LogP contribution in [0.3, 0.4) is 0 Å². The molecule has 0 amide bonds. The predicted molar refractivity (Wildman–Crippen MR) is 81.6 cm³/mol. The van der Waals surface area contributed by atoms with E-state index in [0.717, 1.165) is 0 Å². The molecule has 0 atom stereocenters. The number of benzene rings is 2. The molecule has 5 nitrogen and oxygen atoms in total. The largest absolute Gasteiger partial charge is 0.497 e. The summed E-state index contributed by atoms with van der Waals surface area (Å²) in [5.74, 6) is 1.29. The van der Waals surface area contributed by atoms with Crippen molar-refractivity contribution >= 4 is 15.7 Å². The number of rotatable bonds is 5. The van der Waals surface area contributed by atoms with Crippen molar-refractivity contribution in [1.82, 2.24) is 0 Å². The van der Waals surface area contributed by atoms with E-state index >= 15 is 0 Å². The molecule has 0 saturated carbocycles. The van der Waals surface area contributed by atoms with Gasteiger partial charge in [-0.2, -0.15) is 0 Å². The Balaban J connectivity index is 2.32. The minimum atomic E-state index is -3.60. The van der Waals surface area contributed by atoms with Gasteiger partial charge >= 0.3 is 0 Å². The zero-order chi connectivity index (χ0) is 15.5. The number of nitrogens with zero attached hydrogens (tertiary/aromatic N) is 1.